The first-order valence-corrected chi connectivity index (χ1v) is 1.38. The van der Waals surface area contributed by atoms with Gasteiger partial charge >= 0.3 is 0 Å². The zero-order valence-electron chi connectivity index (χ0n) is 4.34. The highest BCUT2D eigenvalue weighted by molar-refractivity contribution is 5.85. The van der Waals surface area contributed by atoms with Crippen LogP contribution in [0.3, 0.4) is 0 Å². The summed E-state index contributed by atoms with van der Waals surface area (Å²) in [6, 6.07) is 0. The number of aliphatic hydroxyl groups excluding tert-OH is 1. The van der Waals surface area contributed by atoms with E-state index >= 15 is 0 Å². The summed E-state index contributed by atoms with van der Waals surface area (Å²) in [5.41, 5.74) is 0. The van der Waals surface area contributed by atoms with E-state index < -0.39 is 0 Å². The standard InChI is InChI=1S/C2H5NO.CH4O.ClH/c1-4-2-3;1-2;/h2-3H,1H3;2H,1H3;1H. The number of halogens is 1. The van der Waals surface area contributed by atoms with Crippen LogP contribution in [0.2, 0.25) is 0 Å². The Morgan fingerprint density at radius 2 is 1.71 bits per heavy atom. The van der Waals surface area contributed by atoms with E-state index in [2.05, 4.69) is 4.74 Å². The minimum absolute atomic E-state index is 0. The van der Waals surface area contributed by atoms with Crippen LogP contribution in [-0.2, 0) is 4.74 Å². The van der Waals surface area contributed by atoms with Crippen molar-refractivity contribution in [2.24, 2.45) is 0 Å². The fourth-order valence-electron chi connectivity index (χ4n) is 0. The van der Waals surface area contributed by atoms with Gasteiger partial charge in [-0.3, -0.25) is 5.41 Å². The second-order valence-electron chi connectivity index (χ2n) is 0.354. The van der Waals surface area contributed by atoms with Gasteiger partial charge in [0.1, 0.15) is 0 Å². The molecule has 0 aliphatic carbocycles. The summed E-state index contributed by atoms with van der Waals surface area (Å²) in [5.74, 6) is 0. The number of hydrogen-bond donors (Lipinski definition) is 2. The monoisotopic (exact) mass is 127 g/mol. The number of hydrogen-bond acceptors (Lipinski definition) is 3. The van der Waals surface area contributed by atoms with Crippen molar-refractivity contribution in [1.29, 1.82) is 5.41 Å². The number of ether oxygens (including phenoxy) is 1. The van der Waals surface area contributed by atoms with E-state index in [0.29, 0.717) is 0 Å². The Hall–Kier alpha value is -0.280. The molecule has 0 unspecified atom stereocenters. The molecule has 3 nitrogen and oxygen atoms in total. The molecule has 0 bridgehead atoms. The molecular formula is C3H10ClNO2. The predicted octanol–water partition coefficient (Wildman–Crippen LogP) is 0.270. The average Bonchev–Trinajstić information content (AvgIpc) is 1.72. The molecule has 0 aliphatic rings. The van der Waals surface area contributed by atoms with Gasteiger partial charge in [0, 0.05) is 7.11 Å². The molecule has 0 radical (unpaired) electrons. The number of rotatable bonds is 1. The highest BCUT2D eigenvalue weighted by Gasteiger charge is 1.38. The molecule has 0 atom stereocenters. The Labute approximate surface area is 49.2 Å². The minimum atomic E-state index is 0. The van der Waals surface area contributed by atoms with E-state index in [1.165, 1.54) is 7.11 Å². The molecule has 4 heteroatoms. The molecule has 0 aromatic rings. The summed E-state index contributed by atoms with van der Waals surface area (Å²) in [6.45, 7) is 0. The van der Waals surface area contributed by atoms with Gasteiger partial charge in [-0.2, -0.15) is 0 Å². The van der Waals surface area contributed by atoms with E-state index in [-0.39, 0.29) is 12.4 Å². The van der Waals surface area contributed by atoms with E-state index in [9.17, 15) is 0 Å². The fraction of sp³-hybridized carbons (Fsp3) is 0.667. The molecule has 0 heterocycles. The van der Waals surface area contributed by atoms with E-state index in [4.69, 9.17) is 10.5 Å². The Morgan fingerprint density at radius 3 is 1.71 bits per heavy atom. The largest absolute Gasteiger partial charge is 0.487 e. The van der Waals surface area contributed by atoms with Crippen LogP contribution in [0.4, 0.5) is 0 Å². The maximum Gasteiger partial charge on any atom is 0.166 e. The Bertz CT molecular complexity index is 26.9. The van der Waals surface area contributed by atoms with Gasteiger partial charge in [-0.1, -0.05) is 0 Å². The number of nitrogens with one attached hydrogen (secondary N) is 1. The lowest BCUT2D eigenvalue weighted by Gasteiger charge is -1.70. The van der Waals surface area contributed by atoms with Gasteiger partial charge in [0.15, 0.2) is 6.40 Å². The van der Waals surface area contributed by atoms with Crippen LogP contribution in [-0.4, -0.2) is 25.7 Å². The summed E-state index contributed by atoms with van der Waals surface area (Å²) in [6.07, 6.45) is 0.875. The summed E-state index contributed by atoms with van der Waals surface area (Å²) >= 11 is 0. The molecular weight excluding hydrogens is 117 g/mol. The van der Waals surface area contributed by atoms with Crippen LogP contribution in [0.25, 0.3) is 0 Å². The van der Waals surface area contributed by atoms with Gasteiger partial charge in [-0.05, 0) is 0 Å². The lowest BCUT2D eigenvalue weighted by atomic mass is 11.5. The zero-order chi connectivity index (χ0) is 5.41. The molecule has 0 saturated carbocycles. The maximum atomic E-state index is 7.00. The van der Waals surface area contributed by atoms with Crippen LogP contribution < -0.4 is 0 Å². The Balaban J connectivity index is -0.0000000480. The normalized spacial score (nSPS) is 3.86. The first-order valence-electron chi connectivity index (χ1n) is 1.38. The van der Waals surface area contributed by atoms with Crippen molar-refractivity contribution in [3.05, 3.63) is 0 Å². The highest BCUT2D eigenvalue weighted by Crippen LogP contribution is 1.37. The van der Waals surface area contributed by atoms with Crippen molar-refractivity contribution in [1.82, 2.24) is 0 Å². The third-order valence-corrected chi connectivity index (χ3v) is 0.118. The maximum absolute atomic E-state index is 7.00. The van der Waals surface area contributed by atoms with Crippen LogP contribution in [0.15, 0.2) is 0 Å². The Morgan fingerprint density at radius 1 is 1.57 bits per heavy atom. The van der Waals surface area contributed by atoms with Crippen molar-refractivity contribution in [2.75, 3.05) is 14.2 Å². The highest BCUT2D eigenvalue weighted by atomic mass is 35.5. The van der Waals surface area contributed by atoms with Crippen LogP contribution in [0, 0.1) is 5.41 Å². The van der Waals surface area contributed by atoms with Crippen molar-refractivity contribution in [2.45, 2.75) is 0 Å². The van der Waals surface area contributed by atoms with E-state index in [1.807, 2.05) is 0 Å². The third-order valence-electron chi connectivity index (χ3n) is 0.118. The molecule has 46 valence electrons. The molecule has 0 spiro atoms. The fourth-order valence-corrected chi connectivity index (χ4v) is 0. The van der Waals surface area contributed by atoms with Gasteiger partial charge in [0.05, 0.1) is 7.11 Å². The molecule has 0 amide bonds. The third kappa shape index (κ3) is 153. The second kappa shape index (κ2) is 43.1. The number of methoxy groups -OCH3 is 1. The van der Waals surface area contributed by atoms with Gasteiger partial charge in [0.25, 0.3) is 0 Å². The molecule has 2 N–H and O–H groups in total. The quantitative estimate of drug-likeness (QED) is 0.393. The van der Waals surface area contributed by atoms with E-state index in [0.717, 1.165) is 13.5 Å². The van der Waals surface area contributed by atoms with Crippen LogP contribution in [0.5, 0.6) is 0 Å². The SMILES string of the molecule is CO.COC=N.Cl. The molecule has 0 saturated heterocycles. The van der Waals surface area contributed by atoms with Crippen molar-refractivity contribution in [3.63, 3.8) is 0 Å². The molecule has 0 aromatic heterocycles. The van der Waals surface area contributed by atoms with Gasteiger partial charge in [-0.25, -0.2) is 0 Å². The molecule has 0 aliphatic heterocycles. The molecule has 0 aromatic carbocycles. The topological polar surface area (TPSA) is 53.3 Å². The van der Waals surface area contributed by atoms with Gasteiger partial charge in [-0.15, -0.1) is 12.4 Å². The van der Waals surface area contributed by atoms with Crippen molar-refractivity contribution >= 4 is 18.8 Å². The smallest absolute Gasteiger partial charge is 0.166 e. The lowest BCUT2D eigenvalue weighted by molar-refractivity contribution is 0.399. The van der Waals surface area contributed by atoms with Crippen LogP contribution in [0.1, 0.15) is 0 Å². The van der Waals surface area contributed by atoms with Crippen molar-refractivity contribution in [3.8, 4) is 0 Å². The van der Waals surface area contributed by atoms with E-state index in [1.54, 1.807) is 0 Å². The minimum Gasteiger partial charge on any atom is -0.487 e. The summed E-state index contributed by atoms with van der Waals surface area (Å²) in [7, 11) is 2.44. The summed E-state index contributed by atoms with van der Waals surface area (Å²) in [5, 5.41) is 13.1. The summed E-state index contributed by atoms with van der Waals surface area (Å²) < 4.78 is 4.08. The predicted molar refractivity (Wildman–Crippen MR) is 31.2 cm³/mol. The number of aliphatic hydroxyl groups is 1. The Kier molecular flexibility index (Phi) is 97.8. The first-order chi connectivity index (χ1) is 2.91. The lowest BCUT2D eigenvalue weighted by Crippen LogP contribution is -1.66. The van der Waals surface area contributed by atoms with Crippen molar-refractivity contribution < 1.29 is 9.84 Å². The average molecular weight is 128 g/mol. The molecule has 0 fully saturated rings. The van der Waals surface area contributed by atoms with Gasteiger partial charge < -0.3 is 9.84 Å². The van der Waals surface area contributed by atoms with Crippen LogP contribution >= 0.6 is 12.4 Å². The molecule has 0 rings (SSSR count). The first kappa shape index (κ1) is 15.9. The van der Waals surface area contributed by atoms with Gasteiger partial charge in [0.2, 0.25) is 0 Å². The zero-order valence-corrected chi connectivity index (χ0v) is 5.16. The summed E-state index contributed by atoms with van der Waals surface area (Å²) in [4.78, 5) is 0. The second-order valence-corrected chi connectivity index (χ2v) is 0.354. The molecule has 7 heavy (non-hydrogen) atoms.